The van der Waals surface area contributed by atoms with Gasteiger partial charge in [0.2, 0.25) is 0 Å². The van der Waals surface area contributed by atoms with Crippen LogP contribution in [-0.2, 0) is 70.1 Å². The van der Waals surface area contributed by atoms with E-state index >= 15 is 0 Å². The van der Waals surface area contributed by atoms with Gasteiger partial charge in [0, 0.05) is 0 Å². The molecule has 0 aliphatic carbocycles. The van der Waals surface area contributed by atoms with E-state index in [-0.39, 0.29) is 0 Å². The lowest BCUT2D eigenvalue weighted by Gasteiger charge is -2.14. The molecule has 0 aromatic heterocycles. The van der Waals surface area contributed by atoms with E-state index in [1.807, 2.05) is 85.8 Å². The third-order valence-corrected chi connectivity index (χ3v) is 8.01. The Balaban J connectivity index is 0.998. The zero-order chi connectivity index (χ0) is 41.4. The summed E-state index contributed by atoms with van der Waals surface area (Å²) in [4.78, 5) is 0. The molecule has 14 heteroatoms. The minimum atomic E-state index is 0.390. The summed E-state index contributed by atoms with van der Waals surface area (Å²) < 4.78 is 78.6. The Morgan fingerprint density at radius 2 is 0.542 bits per heavy atom. The normalized spacial score (nSPS) is 11.3. The lowest BCUT2D eigenvalue weighted by Crippen LogP contribution is -2.15. The molecular formula is C45H68O14. The van der Waals surface area contributed by atoms with Crippen LogP contribution in [0.15, 0.2) is 78.9 Å². The maximum absolute atomic E-state index is 5.94. The zero-order valence-electron chi connectivity index (χ0n) is 35.1. The standard InChI is InChI=1S/C45H68O14/c1-41-12-13-44(58-36-34-54-28-26-50-20-18-46-14-16-48-22-24-52-30-32-56-39-42-8-4-2-5-9-42)45(38-41)59-37-35-55-29-27-51-21-19-47-15-17-49-23-25-53-31-33-57-40-43-10-6-3-7-11-43/h2-13,38H,14-37,39-40H2,1H3. The Bertz CT molecular complexity index is 1340. The van der Waals surface area contributed by atoms with Gasteiger partial charge in [-0.15, -0.1) is 0 Å². The number of hydrogen-bond donors (Lipinski definition) is 0. The monoisotopic (exact) mass is 832 g/mol. The maximum atomic E-state index is 5.94. The van der Waals surface area contributed by atoms with Crippen molar-refractivity contribution < 1.29 is 66.3 Å². The summed E-state index contributed by atoms with van der Waals surface area (Å²) in [5.41, 5.74) is 3.39. The molecule has 0 saturated carbocycles. The van der Waals surface area contributed by atoms with Gasteiger partial charge in [-0.25, -0.2) is 0 Å². The van der Waals surface area contributed by atoms with Crippen LogP contribution in [0.1, 0.15) is 16.7 Å². The highest BCUT2D eigenvalue weighted by atomic mass is 16.6. The molecular weight excluding hydrogens is 764 g/mol. The molecule has 0 N–H and O–H groups in total. The van der Waals surface area contributed by atoms with Gasteiger partial charge in [-0.05, 0) is 35.7 Å². The minimum absolute atomic E-state index is 0.390. The van der Waals surface area contributed by atoms with Crippen LogP contribution in [0.5, 0.6) is 11.5 Å². The van der Waals surface area contributed by atoms with E-state index in [4.69, 9.17) is 66.3 Å². The van der Waals surface area contributed by atoms with Gasteiger partial charge in [0.15, 0.2) is 11.5 Å². The molecule has 0 amide bonds. The van der Waals surface area contributed by atoms with Crippen molar-refractivity contribution in [3.8, 4) is 11.5 Å². The third kappa shape index (κ3) is 29.6. The van der Waals surface area contributed by atoms with Gasteiger partial charge in [0.1, 0.15) is 13.2 Å². The number of aryl methyl sites for hydroxylation is 1. The fourth-order valence-electron chi connectivity index (χ4n) is 5.00. The Labute approximate surface area is 351 Å². The molecule has 0 saturated heterocycles. The molecule has 0 spiro atoms. The van der Waals surface area contributed by atoms with Crippen molar-refractivity contribution in [3.05, 3.63) is 95.6 Å². The Morgan fingerprint density at radius 3 is 0.864 bits per heavy atom. The fraction of sp³-hybridized carbons (Fsp3) is 0.600. The highest BCUT2D eigenvalue weighted by Gasteiger charge is 2.06. The van der Waals surface area contributed by atoms with Crippen LogP contribution >= 0.6 is 0 Å². The second kappa shape index (κ2) is 37.8. The Morgan fingerprint density at radius 1 is 0.271 bits per heavy atom. The highest BCUT2D eigenvalue weighted by molar-refractivity contribution is 5.42. The van der Waals surface area contributed by atoms with E-state index in [1.54, 1.807) is 0 Å². The van der Waals surface area contributed by atoms with Crippen molar-refractivity contribution in [2.75, 3.05) is 159 Å². The molecule has 0 radical (unpaired) electrons. The van der Waals surface area contributed by atoms with Crippen molar-refractivity contribution in [1.29, 1.82) is 0 Å². The second-order valence-electron chi connectivity index (χ2n) is 12.8. The number of benzene rings is 3. The van der Waals surface area contributed by atoms with Crippen LogP contribution in [0, 0.1) is 6.92 Å². The predicted octanol–water partition coefficient (Wildman–Crippen LogP) is 5.35. The van der Waals surface area contributed by atoms with Crippen LogP contribution < -0.4 is 9.47 Å². The number of hydrogen-bond acceptors (Lipinski definition) is 14. The summed E-state index contributed by atoms with van der Waals surface area (Å²) in [6, 6.07) is 26.0. The minimum Gasteiger partial charge on any atom is -0.487 e. The molecule has 0 fully saturated rings. The summed E-state index contributed by atoms with van der Waals surface area (Å²) in [6.45, 7) is 15.0. The first-order chi connectivity index (χ1) is 29.3. The third-order valence-electron chi connectivity index (χ3n) is 8.01. The molecule has 0 aliphatic heterocycles. The van der Waals surface area contributed by atoms with Gasteiger partial charge in [-0.3, -0.25) is 0 Å². The average molecular weight is 833 g/mol. The van der Waals surface area contributed by atoms with E-state index < -0.39 is 0 Å². The van der Waals surface area contributed by atoms with E-state index in [0.717, 1.165) is 16.7 Å². The van der Waals surface area contributed by atoms with Gasteiger partial charge in [0.05, 0.1) is 159 Å². The summed E-state index contributed by atoms with van der Waals surface area (Å²) in [6.07, 6.45) is 0. The predicted molar refractivity (Wildman–Crippen MR) is 223 cm³/mol. The molecule has 3 rings (SSSR count). The summed E-state index contributed by atoms with van der Waals surface area (Å²) in [5, 5.41) is 0. The molecule has 3 aromatic carbocycles. The molecule has 0 unspecified atom stereocenters. The molecule has 0 bridgehead atoms. The first-order valence-electron chi connectivity index (χ1n) is 20.7. The summed E-state index contributed by atoms with van der Waals surface area (Å²) >= 11 is 0. The lowest BCUT2D eigenvalue weighted by atomic mass is 10.2. The average Bonchev–Trinajstić information content (AvgIpc) is 3.26. The van der Waals surface area contributed by atoms with Crippen LogP contribution in [0.3, 0.4) is 0 Å². The molecule has 0 aliphatic rings. The first kappa shape index (κ1) is 50.1. The van der Waals surface area contributed by atoms with Crippen molar-refractivity contribution in [3.63, 3.8) is 0 Å². The summed E-state index contributed by atoms with van der Waals surface area (Å²) in [5.74, 6) is 1.33. The van der Waals surface area contributed by atoms with Crippen LogP contribution in [0.2, 0.25) is 0 Å². The van der Waals surface area contributed by atoms with Gasteiger partial charge in [-0.2, -0.15) is 0 Å². The molecule has 3 aromatic rings. The van der Waals surface area contributed by atoms with Gasteiger partial charge >= 0.3 is 0 Å². The molecule has 59 heavy (non-hydrogen) atoms. The van der Waals surface area contributed by atoms with Crippen LogP contribution in [0.4, 0.5) is 0 Å². The highest BCUT2D eigenvalue weighted by Crippen LogP contribution is 2.28. The van der Waals surface area contributed by atoms with Crippen LogP contribution in [-0.4, -0.2) is 159 Å². The summed E-state index contributed by atoms with van der Waals surface area (Å²) in [7, 11) is 0. The second-order valence-corrected chi connectivity index (χ2v) is 12.8. The topological polar surface area (TPSA) is 129 Å². The number of ether oxygens (including phenoxy) is 14. The van der Waals surface area contributed by atoms with Crippen LogP contribution in [0.25, 0.3) is 0 Å². The SMILES string of the molecule is Cc1ccc(OCCOCCOCCOCCOCCOCCOCc2ccccc2)c(OCCOCCOCCOCCOCCOCCOCc2ccccc2)c1. The van der Waals surface area contributed by atoms with Crippen molar-refractivity contribution in [2.24, 2.45) is 0 Å². The Kier molecular flexibility index (Phi) is 32.1. The fourth-order valence-corrected chi connectivity index (χ4v) is 5.00. The van der Waals surface area contributed by atoms with Gasteiger partial charge in [0.25, 0.3) is 0 Å². The maximum Gasteiger partial charge on any atom is 0.161 e. The molecule has 14 nitrogen and oxygen atoms in total. The van der Waals surface area contributed by atoms with Gasteiger partial charge < -0.3 is 66.3 Å². The quantitative estimate of drug-likeness (QED) is 0.0681. The van der Waals surface area contributed by atoms with E-state index in [2.05, 4.69) is 0 Å². The smallest absolute Gasteiger partial charge is 0.161 e. The van der Waals surface area contributed by atoms with Crippen molar-refractivity contribution in [1.82, 2.24) is 0 Å². The van der Waals surface area contributed by atoms with Crippen molar-refractivity contribution >= 4 is 0 Å². The van der Waals surface area contributed by atoms with E-state index in [1.165, 1.54) is 0 Å². The lowest BCUT2D eigenvalue weighted by molar-refractivity contribution is -0.0189. The Hall–Kier alpha value is -3.22. The molecule has 0 heterocycles. The zero-order valence-corrected chi connectivity index (χ0v) is 35.1. The number of rotatable bonds is 42. The molecule has 332 valence electrons. The molecule has 0 atom stereocenters. The largest absolute Gasteiger partial charge is 0.487 e. The van der Waals surface area contributed by atoms with E-state index in [9.17, 15) is 0 Å². The van der Waals surface area contributed by atoms with Crippen molar-refractivity contribution in [2.45, 2.75) is 20.1 Å². The first-order valence-corrected chi connectivity index (χ1v) is 20.7. The van der Waals surface area contributed by atoms with Gasteiger partial charge in [-0.1, -0.05) is 66.7 Å². The van der Waals surface area contributed by atoms with E-state index in [0.29, 0.717) is 183 Å².